The van der Waals surface area contributed by atoms with E-state index in [4.69, 9.17) is 9.84 Å². The molecular formula is C15H15N3O3. The number of aliphatic hydroxyl groups excluding tert-OH is 1. The average Bonchev–Trinajstić information content (AvgIpc) is 2.92. The third-order valence-electron chi connectivity index (χ3n) is 2.70. The molecule has 0 saturated heterocycles. The van der Waals surface area contributed by atoms with Gasteiger partial charge in [0, 0.05) is 18.8 Å². The van der Waals surface area contributed by atoms with Crippen molar-refractivity contribution in [3.05, 3.63) is 42.0 Å². The van der Waals surface area contributed by atoms with Gasteiger partial charge in [0.2, 0.25) is 0 Å². The quantitative estimate of drug-likeness (QED) is 0.826. The summed E-state index contributed by atoms with van der Waals surface area (Å²) in [5.74, 6) is 5.52. The number of benzene rings is 1. The van der Waals surface area contributed by atoms with Gasteiger partial charge in [-0.25, -0.2) is 4.98 Å². The summed E-state index contributed by atoms with van der Waals surface area (Å²) in [4.78, 5) is 16.1. The van der Waals surface area contributed by atoms with E-state index in [0.717, 1.165) is 0 Å². The van der Waals surface area contributed by atoms with E-state index in [-0.39, 0.29) is 12.5 Å². The zero-order valence-corrected chi connectivity index (χ0v) is 11.8. The molecule has 0 unspecified atom stereocenters. The highest BCUT2D eigenvalue weighted by atomic mass is 16.5. The summed E-state index contributed by atoms with van der Waals surface area (Å²) in [6.45, 7) is -0.221. The number of rotatable bonds is 3. The fourth-order valence-corrected chi connectivity index (χ4v) is 1.74. The van der Waals surface area contributed by atoms with E-state index in [0.29, 0.717) is 22.7 Å². The number of methoxy groups -OCH3 is 1. The first-order chi connectivity index (χ1) is 10.1. The summed E-state index contributed by atoms with van der Waals surface area (Å²) in [5.41, 5.74) is 1.48. The average molecular weight is 285 g/mol. The van der Waals surface area contributed by atoms with Crippen LogP contribution in [0.5, 0.6) is 5.75 Å². The van der Waals surface area contributed by atoms with Gasteiger partial charge < -0.3 is 19.7 Å². The summed E-state index contributed by atoms with van der Waals surface area (Å²) in [5, 5.41) is 11.5. The van der Waals surface area contributed by atoms with E-state index in [1.807, 2.05) is 0 Å². The molecule has 108 valence electrons. The maximum atomic E-state index is 12.1. The maximum Gasteiger partial charge on any atom is 0.275 e. The Bertz CT molecular complexity index is 710. The van der Waals surface area contributed by atoms with Crippen molar-refractivity contribution in [2.24, 2.45) is 7.05 Å². The molecule has 1 amide bonds. The van der Waals surface area contributed by atoms with Crippen LogP contribution in [0.25, 0.3) is 0 Å². The Hall–Kier alpha value is -2.78. The van der Waals surface area contributed by atoms with E-state index in [1.54, 1.807) is 42.3 Å². The van der Waals surface area contributed by atoms with Gasteiger partial charge in [-0.15, -0.1) is 0 Å². The van der Waals surface area contributed by atoms with Crippen LogP contribution in [0, 0.1) is 11.8 Å². The summed E-state index contributed by atoms with van der Waals surface area (Å²) in [7, 11) is 3.31. The fourth-order valence-electron chi connectivity index (χ4n) is 1.74. The van der Waals surface area contributed by atoms with Gasteiger partial charge in [0.05, 0.1) is 19.1 Å². The molecule has 0 bridgehead atoms. The molecule has 2 N–H and O–H groups in total. The Balaban J connectivity index is 2.26. The van der Waals surface area contributed by atoms with Crippen molar-refractivity contribution in [1.29, 1.82) is 0 Å². The number of anilines is 1. The molecule has 0 aliphatic heterocycles. The van der Waals surface area contributed by atoms with Gasteiger partial charge in [0.1, 0.15) is 18.1 Å². The third kappa shape index (κ3) is 3.61. The molecule has 1 aromatic heterocycles. The van der Waals surface area contributed by atoms with Gasteiger partial charge in [-0.2, -0.15) is 0 Å². The molecule has 0 aliphatic carbocycles. The largest absolute Gasteiger partial charge is 0.495 e. The lowest BCUT2D eigenvalue weighted by atomic mass is 10.2. The molecule has 1 aromatic carbocycles. The van der Waals surface area contributed by atoms with Crippen molar-refractivity contribution in [2.75, 3.05) is 19.0 Å². The molecular weight excluding hydrogens is 270 g/mol. The van der Waals surface area contributed by atoms with Crippen LogP contribution in [-0.4, -0.2) is 34.3 Å². The molecule has 2 rings (SSSR count). The van der Waals surface area contributed by atoms with E-state index in [9.17, 15) is 4.79 Å². The lowest BCUT2D eigenvalue weighted by Gasteiger charge is -2.09. The monoisotopic (exact) mass is 285 g/mol. The topological polar surface area (TPSA) is 76.4 Å². The number of aromatic nitrogens is 2. The minimum absolute atomic E-state index is 0.221. The number of ether oxygens (including phenoxy) is 1. The van der Waals surface area contributed by atoms with Crippen LogP contribution < -0.4 is 10.1 Å². The number of nitrogens with zero attached hydrogens (tertiary/aromatic N) is 2. The standard InChI is InChI=1S/C15H15N3O3/c1-18-9-13(16-10-18)15(20)17-12-8-11(4-3-7-19)5-6-14(12)21-2/h5-6,8-10,19H,7H2,1-2H3,(H,17,20). The predicted molar refractivity (Wildman–Crippen MR) is 78.1 cm³/mol. The van der Waals surface area contributed by atoms with Crippen molar-refractivity contribution < 1.29 is 14.6 Å². The summed E-state index contributed by atoms with van der Waals surface area (Å²) in [6.07, 6.45) is 3.17. The lowest BCUT2D eigenvalue weighted by molar-refractivity contribution is 0.102. The number of hydrogen-bond acceptors (Lipinski definition) is 4. The third-order valence-corrected chi connectivity index (χ3v) is 2.70. The Morgan fingerprint density at radius 2 is 2.33 bits per heavy atom. The number of carbonyl (C=O) groups excluding carboxylic acids is 1. The van der Waals surface area contributed by atoms with Crippen LogP contribution in [0.1, 0.15) is 16.1 Å². The molecule has 0 radical (unpaired) electrons. The van der Waals surface area contributed by atoms with Gasteiger partial charge in [0.25, 0.3) is 5.91 Å². The highest BCUT2D eigenvalue weighted by molar-refractivity contribution is 6.03. The number of aryl methyl sites for hydroxylation is 1. The zero-order valence-electron chi connectivity index (χ0n) is 11.8. The Labute approximate surface area is 122 Å². The molecule has 0 atom stereocenters. The zero-order chi connectivity index (χ0) is 15.2. The normalized spacial score (nSPS) is 9.67. The van der Waals surface area contributed by atoms with Crippen molar-refractivity contribution in [1.82, 2.24) is 9.55 Å². The highest BCUT2D eigenvalue weighted by Crippen LogP contribution is 2.25. The molecule has 0 spiro atoms. The minimum atomic E-state index is -0.332. The van der Waals surface area contributed by atoms with E-state index in [1.165, 1.54) is 7.11 Å². The lowest BCUT2D eigenvalue weighted by Crippen LogP contribution is -2.13. The van der Waals surface area contributed by atoms with E-state index in [2.05, 4.69) is 22.1 Å². The fraction of sp³-hybridized carbons (Fsp3) is 0.200. The highest BCUT2D eigenvalue weighted by Gasteiger charge is 2.12. The minimum Gasteiger partial charge on any atom is -0.495 e. The molecule has 0 aliphatic rings. The van der Waals surface area contributed by atoms with Gasteiger partial charge in [-0.05, 0) is 18.2 Å². The molecule has 0 fully saturated rings. The Morgan fingerprint density at radius 1 is 1.52 bits per heavy atom. The number of aliphatic hydroxyl groups is 1. The number of hydrogen-bond donors (Lipinski definition) is 2. The molecule has 6 heteroatoms. The first-order valence-electron chi connectivity index (χ1n) is 6.21. The number of amides is 1. The Kier molecular flexibility index (Phi) is 4.59. The summed E-state index contributed by atoms with van der Waals surface area (Å²) >= 11 is 0. The number of nitrogens with one attached hydrogen (secondary N) is 1. The molecule has 21 heavy (non-hydrogen) atoms. The van der Waals surface area contributed by atoms with Crippen molar-refractivity contribution in [3.8, 4) is 17.6 Å². The van der Waals surface area contributed by atoms with Gasteiger partial charge in [-0.1, -0.05) is 11.8 Å². The molecule has 1 heterocycles. The van der Waals surface area contributed by atoms with Gasteiger partial charge >= 0.3 is 0 Å². The van der Waals surface area contributed by atoms with Crippen molar-refractivity contribution >= 4 is 11.6 Å². The molecule has 0 saturated carbocycles. The molecule has 2 aromatic rings. The first-order valence-corrected chi connectivity index (χ1v) is 6.21. The predicted octanol–water partition coefficient (Wildman–Crippen LogP) is 1.02. The van der Waals surface area contributed by atoms with Crippen LogP contribution in [0.2, 0.25) is 0 Å². The van der Waals surface area contributed by atoms with Gasteiger partial charge in [-0.3, -0.25) is 4.79 Å². The second-order valence-corrected chi connectivity index (χ2v) is 4.25. The van der Waals surface area contributed by atoms with Crippen molar-refractivity contribution in [3.63, 3.8) is 0 Å². The van der Waals surface area contributed by atoms with Crippen molar-refractivity contribution in [2.45, 2.75) is 0 Å². The number of imidazole rings is 1. The number of carbonyl (C=O) groups is 1. The first kappa shape index (κ1) is 14.6. The van der Waals surface area contributed by atoms with Crippen LogP contribution in [0.3, 0.4) is 0 Å². The summed E-state index contributed by atoms with van der Waals surface area (Å²) in [6, 6.07) is 5.13. The van der Waals surface area contributed by atoms with Crippen LogP contribution in [0.15, 0.2) is 30.7 Å². The maximum absolute atomic E-state index is 12.1. The SMILES string of the molecule is COc1ccc(C#CCO)cc1NC(=O)c1cn(C)cn1. The molecule has 6 nitrogen and oxygen atoms in total. The van der Waals surface area contributed by atoms with Crippen LogP contribution in [0.4, 0.5) is 5.69 Å². The second-order valence-electron chi connectivity index (χ2n) is 4.25. The summed E-state index contributed by atoms with van der Waals surface area (Å²) < 4.78 is 6.90. The van der Waals surface area contributed by atoms with Crippen LogP contribution in [-0.2, 0) is 7.05 Å². The van der Waals surface area contributed by atoms with Crippen LogP contribution >= 0.6 is 0 Å². The Morgan fingerprint density at radius 3 is 2.95 bits per heavy atom. The van der Waals surface area contributed by atoms with E-state index >= 15 is 0 Å². The van der Waals surface area contributed by atoms with Gasteiger partial charge in [0.15, 0.2) is 0 Å². The smallest absolute Gasteiger partial charge is 0.275 e. The second kappa shape index (κ2) is 6.59. The van der Waals surface area contributed by atoms with E-state index < -0.39 is 0 Å².